The summed E-state index contributed by atoms with van der Waals surface area (Å²) in [6.07, 6.45) is -4.37. The first-order chi connectivity index (χ1) is 11.4. The number of likely N-dealkylation sites (N-methyl/N-ethyl adjacent to an activating group) is 1. The number of benzene rings is 1. The first kappa shape index (κ1) is 19.7. The quantitative estimate of drug-likeness (QED) is 0.770. The second kappa shape index (κ2) is 6.97. The Balaban J connectivity index is 2.19. The largest absolute Gasteiger partial charge is 0.446 e. The molecule has 10 heteroatoms. The molecule has 1 aromatic heterocycles. The molecular formula is C15H16ClF3N2O3S. The molecule has 0 unspecified atom stereocenters. The van der Waals surface area contributed by atoms with Crippen LogP contribution < -0.4 is 0 Å². The summed E-state index contributed by atoms with van der Waals surface area (Å²) in [5.41, 5.74) is -0.295. The Bertz CT molecular complexity index is 859. The zero-order chi connectivity index (χ0) is 19.0. The van der Waals surface area contributed by atoms with E-state index < -0.39 is 26.8 Å². The number of alkyl halides is 3. The third-order valence-corrected chi connectivity index (χ3v) is 6.00. The van der Waals surface area contributed by atoms with Crippen LogP contribution in [0.15, 0.2) is 27.5 Å². The Morgan fingerprint density at radius 3 is 2.40 bits per heavy atom. The van der Waals surface area contributed by atoms with Gasteiger partial charge in [-0.05, 0) is 32.0 Å². The molecule has 0 aliphatic carbocycles. The van der Waals surface area contributed by atoms with Crippen LogP contribution in [0.3, 0.4) is 0 Å². The van der Waals surface area contributed by atoms with E-state index in [-0.39, 0.29) is 17.9 Å². The molecule has 5 nitrogen and oxygen atoms in total. The summed E-state index contributed by atoms with van der Waals surface area (Å²) in [6, 6.07) is 2.15. The molecule has 0 amide bonds. The number of oxazole rings is 1. The molecule has 0 atom stereocenters. The topological polar surface area (TPSA) is 63.4 Å². The second-order valence-corrected chi connectivity index (χ2v) is 7.89. The first-order valence-electron chi connectivity index (χ1n) is 7.19. The number of aryl methyl sites for hydroxylation is 2. The Hall–Kier alpha value is -1.58. The molecule has 2 aromatic rings. The molecule has 0 aliphatic rings. The van der Waals surface area contributed by atoms with E-state index >= 15 is 0 Å². The highest BCUT2D eigenvalue weighted by Gasteiger charge is 2.32. The maximum absolute atomic E-state index is 12.7. The average molecular weight is 397 g/mol. The first-order valence-corrected chi connectivity index (χ1v) is 9.00. The Morgan fingerprint density at radius 1 is 1.28 bits per heavy atom. The molecule has 1 heterocycles. The molecule has 138 valence electrons. The van der Waals surface area contributed by atoms with Crippen molar-refractivity contribution < 1.29 is 26.0 Å². The van der Waals surface area contributed by atoms with Crippen molar-refractivity contribution in [2.75, 3.05) is 13.6 Å². The number of rotatable bonds is 5. The van der Waals surface area contributed by atoms with E-state index in [1.807, 2.05) is 0 Å². The maximum atomic E-state index is 12.7. The van der Waals surface area contributed by atoms with Crippen molar-refractivity contribution in [2.24, 2.45) is 0 Å². The van der Waals surface area contributed by atoms with E-state index in [1.165, 1.54) is 7.05 Å². The van der Waals surface area contributed by atoms with Crippen molar-refractivity contribution in [1.29, 1.82) is 0 Å². The smallest absolute Gasteiger partial charge is 0.416 e. The Kier molecular flexibility index (Phi) is 5.50. The van der Waals surface area contributed by atoms with E-state index in [4.69, 9.17) is 16.0 Å². The van der Waals surface area contributed by atoms with Crippen LogP contribution in [-0.2, 0) is 22.6 Å². The SMILES string of the molecule is Cc1nc(CCN(C)S(=O)(=O)c2ccc(C(F)(F)F)cc2Cl)oc1C. The molecule has 2 rings (SSSR count). The fourth-order valence-corrected chi connectivity index (χ4v) is 3.76. The Labute approximate surface area is 148 Å². The average Bonchev–Trinajstić information content (AvgIpc) is 2.82. The lowest BCUT2D eigenvalue weighted by Gasteiger charge is -2.18. The summed E-state index contributed by atoms with van der Waals surface area (Å²) in [6.45, 7) is 3.55. The van der Waals surface area contributed by atoms with Crippen LogP contribution in [0.25, 0.3) is 0 Å². The molecule has 0 radical (unpaired) electrons. The van der Waals surface area contributed by atoms with E-state index in [0.717, 1.165) is 10.4 Å². The highest BCUT2D eigenvalue weighted by Crippen LogP contribution is 2.34. The monoisotopic (exact) mass is 396 g/mol. The summed E-state index contributed by atoms with van der Waals surface area (Å²) < 4.78 is 69.4. The van der Waals surface area contributed by atoms with Gasteiger partial charge >= 0.3 is 6.18 Å². The van der Waals surface area contributed by atoms with Crippen LogP contribution >= 0.6 is 11.6 Å². The minimum Gasteiger partial charge on any atom is -0.446 e. The van der Waals surface area contributed by atoms with Gasteiger partial charge in [0.15, 0.2) is 5.89 Å². The van der Waals surface area contributed by atoms with Gasteiger partial charge in [-0.15, -0.1) is 0 Å². The van der Waals surface area contributed by atoms with Crippen LogP contribution in [-0.4, -0.2) is 31.3 Å². The van der Waals surface area contributed by atoms with Gasteiger partial charge in [0, 0.05) is 20.0 Å². The molecule has 0 aliphatic heterocycles. The zero-order valence-corrected chi connectivity index (χ0v) is 15.3. The normalized spacial score (nSPS) is 12.8. The highest BCUT2D eigenvalue weighted by molar-refractivity contribution is 7.89. The third kappa shape index (κ3) is 4.34. The van der Waals surface area contributed by atoms with Crippen molar-refractivity contribution in [2.45, 2.75) is 31.3 Å². The second-order valence-electron chi connectivity index (χ2n) is 5.47. The van der Waals surface area contributed by atoms with Gasteiger partial charge in [0.25, 0.3) is 0 Å². The van der Waals surface area contributed by atoms with Gasteiger partial charge in [0.2, 0.25) is 10.0 Å². The van der Waals surface area contributed by atoms with Crippen LogP contribution in [0.2, 0.25) is 5.02 Å². The summed E-state index contributed by atoms with van der Waals surface area (Å²) in [4.78, 5) is 3.77. The van der Waals surface area contributed by atoms with Gasteiger partial charge in [0.05, 0.1) is 16.3 Å². The zero-order valence-electron chi connectivity index (χ0n) is 13.7. The molecule has 1 aromatic carbocycles. The van der Waals surface area contributed by atoms with Gasteiger partial charge in [-0.2, -0.15) is 13.2 Å². The van der Waals surface area contributed by atoms with E-state index in [1.54, 1.807) is 13.8 Å². The summed E-state index contributed by atoms with van der Waals surface area (Å²) in [7, 11) is -2.73. The van der Waals surface area contributed by atoms with Gasteiger partial charge in [-0.1, -0.05) is 11.6 Å². The highest BCUT2D eigenvalue weighted by atomic mass is 35.5. The van der Waals surface area contributed by atoms with Crippen molar-refractivity contribution in [1.82, 2.24) is 9.29 Å². The minimum absolute atomic E-state index is 0.0408. The number of halogens is 4. The fraction of sp³-hybridized carbons (Fsp3) is 0.400. The van der Waals surface area contributed by atoms with E-state index in [0.29, 0.717) is 29.5 Å². The van der Waals surface area contributed by atoms with Crippen LogP contribution in [0, 0.1) is 13.8 Å². The summed E-state index contributed by atoms with van der Waals surface area (Å²) >= 11 is 5.77. The van der Waals surface area contributed by atoms with Crippen molar-refractivity contribution >= 4 is 21.6 Å². The fourth-order valence-electron chi connectivity index (χ4n) is 2.07. The number of hydrogen-bond acceptors (Lipinski definition) is 4. The van der Waals surface area contributed by atoms with Gasteiger partial charge in [-0.25, -0.2) is 17.7 Å². The van der Waals surface area contributed by atoms with Crippen LogP contribution in [0.5, 0.6) is 0 Å². The standard InChI is InChI=1S/C15H16ClF3N2O3S/c1-9-10(2)24-14(20-9)6-7-21(3)25(22,23)13-5-4-11(8-12(13)16)15(17,18)19/h4-5,8H,6-7H2,1-3H3. The van der Waals surface area contributed by atoms with Crippen molar-refractivity contribution in [3.05, 3.63) is 46.1 Å². The minimum atomic E-state index is -4.60. The molecule has 25 heavy (non-hydrogen) atoms. The van der Waals surface area contributed by atoms with Gasteiger partial charge < -0.3 is 4.42 Å². The lowest BCUT2D eigenvalue weighted by Crippen LogP contribution is -2.29. The molecule has 0 saturated heterocycles. The maximum Gasteiger partial charge on any atom is 0.416 e. The third-order valence-electron chi connectivity index (χ3n) is 3.66. The number of aromatic nitrogens is 1. The summed E-state index contributed by atoms with van der Waals surface area (Å²) in [5.74, 6) is 1.03. The van der Waals surface area contributed by atoms with Gasteiger partial charge in [-0.3, -0.25) is 0 Å². The predicted octanol–water partition coefficient (Wildman–Crippen LogP) is 3.83. The molecule has 0 saturated carbocycles. The van der Waals surface area contributed by atoms with Crippen LogP contribution in [0.4, 0.5) is 13.2 Å². The molecule has 0 bridgehead atoms. The van der Waals surface area contributed by atoms with Crippen molar-refractivity contribution in [3.63, 3.8) is 0 Å². The lowest BCUT2D eigenvalue weighted by atomic mass is 10.2. The predicted molar refractivity (Wildman–Crippen MR) is 86.0 cm³/mol. The van der Waals surface area contributed by atoms with E-state index in [2.05, 4.69) is 4.98 Å². The summed E-state index contributed by atoms with van der Waals surface area (Å²) in [5, 5.41) is -0.482. The van der Waals surface area contributed by atoms with Crippen LogP contribution in [0.1, 0.15) is 22.9 Å². The van der Waals surface area contributed by atoms with Crippen molar-refractivity contribution in [3.8, 4) is 0 Å². The molecule has 0 N–H and O–H groups in total. The molecule has 0 spiro atoms. The van der Waals surface area contributed by atoms with Gasteiger partial charge in [0.1, 0.15) is 10.7 Å². The lowest BCUT2D eigenvalue weighted by molar-refractivity contribution is -0.137. The van der Waals surface area contributed by atoms with E-state index in [9.17, 15) is 21.6 Å². The molecule has 0 fully saturated rings. The number of hydrogen-bond donors (Lipinski definition) is 0. The molecular weight excluding hydrogens is 381 g/mol. The Morgan fingerprint density at radius 2 is 1.92 bits per heavy atom. The number of nitrogens with zero attached hydrogens (tertiary/aromatic N) is 2. The number of sulfonamides is 1.